The predicted molar refractivity (Wildman–Crippen MR) is 113 cm³/mol. The number of aliphatic imine (C=N–C) groups is 1. The maximum atomic E-state index is 12.8. The standard InChI is InChI=1S/C21H22ClF3N4O2/c1-20(2,31)12-7-13(8-12)27-10-11-6-17(14(22)9-15(11)26)29-19(30)16-4-3-5-18(28-16)21(23,24)25/h3-6,9-10,12-13,31H,7-8,26H2,1-2H3,(H,29,30). The summed E-state index contributed by atoms with van der Waals surface area (Å²) in [7, 11) is 0. The molecule has 1 aromatic heterocycles. The number of aliphatic hydroxyl groups is 1. The van der Waals surface area contributed by atoms with E-state index >= 15 is 0 Å². The van der Waals surface area contributed by atoms with E-state index < -0.39 is 29.1 Å². The van der Waals surface area contributed by atoms with Crippen molar-refractivity contribution in [1.29, 1.82) is 0 Å². The van der Waals surface area contributed by atoms with Crippen LogP contribution in [0.3, 0.4) is 0 Å². The van der Waals surface area contributed by atoms with Crippen LogP contribution in [0.2, 0.25) is 5.02 Å². The van der Waals surface area contributed by atoms with Gasteiger partial charge >= 0.3 is 6.18 Å². The second-order valence-electron chi connectivity index (χ2n) is 8.07. The number of pyridine rings is 1. The van der Waals surface area contributed by atoms with Crippen molar-refractivity contribution in [1.82, 2.24) is 4.98 Å². The van der Waals surface area contributed by atoms with E-state index in [2.05, 4.69) is 15.3 Å². The molecule has 4 N–H and O–H groups in total. The van der Waals surface area contributed by atoms with Crippen LogP contribution in [0.5, 0.6) is 0 Å². The van der Waals surface area contributed by atoms with Crippen LogP contribution in [0.15, 0.2) is 35.3 Å². The van der Waals surface area contributed by atoms with Crippen molar-refractivity contribution in [3.63, 3.8) is 0 Å². The Morgan fingerprint density at radius 3 is 2.61 bits per heavy atom. The Morgan fingerprint density at radius 1 is 1.32 bits per heavy atom. The lowest BCUT2D eigenvalue weighted by molar-refractivity contribution is -0.141. The number of nitrogens with two attached hydrogens (primary N) is 1. The van der Waals surface area contributed by atoms with E-state index in [1.807, 2.05) is 0 Å². The smallest absolute Gasteiger partial charge is 0.398 e. The molecule has 0 spiro atoms. The van der Waals surface area contributed by atoms with Gasteiger partial charge in [-0.2, -0.15) is 13.2 Å². The highest BCUT2D eigenvalue weighted by Gasteiger charge is 2.38. The largest absolute Gasteiger partial charge is 0.433 e. The van der Waals surface area contributed by atoms with Gasteiger partial charge in [0.15, 0.2) is 0 Å². The van der Waals surface area contributed by atoms with Gasteiger partial charge in [0.25, 0.3) is 5.91 Å². The summed E-state index contributed by atoms with van der Waals surface area (Å²) >= 11 is 6.14. The average molecular weight is 455 g/mol. The highest BCUT2D eigenvalue weighted by molar-refractivity contribution is 6.34. The van der Waals surface area contributed by atoms with E-state index in [1.54, 1.807) is 20.1 Å². The van der Waals surface area contributed by atoms with Crippen LogP contribution in [-0.2, 0) is 6.18 Å². The number of halogens is 4. The van der Waals surface area contributed by atoms with E-state index in [9.17, 15) is 23.1 Å². The number of rotatable bonds is 5. The van der Waals surface area contributed by atoms with E-state index in [1.165, 1.54) is 18.2 Å². The average Bonchev–Trinajstić information content (AvgIpc) is 2.62. The number of carbonyl (C=O) groups is 1. The van der Waals surface area contributed by atoms with Crippen LogP contribution in [0.4, 0.5) is 24.5 Å². The second-order valence-corrected chi connectivity index (χ2v) is 8.48. The lowest BCUT2D eigenvalue weighted by atomic mass is 9.71. The van der Waals surface area contributed by atoms with E-state index in [0.29, 0.717) is 11.3 Å². The molecule has 10 heteroatoms. The summed E-state index contributed by atoms with van der Waals surface area (Å²) in [5.41, 5.74) is 4.67. The zero-order valence-corrected chi connectivity index (χ0v) is 17.6. The molecular weight excluding hydrogens is 433 g/mol. The molecule has 1 amide bonds. The first-order valence-electron chi connectivity index (χ1n) is 9.55. The third kappa shape index (κ3) is 5.54. The van der Waals surface area contributed by atoms with Gasteiger partial charge in [0.05, 0.1) is 22.4 Å². The number of nitrogen functional groups attached to an aromatic ring is 1. The molecule has 2 aromatic rings. The number of carbonyl (C=O) groups excluding carboxylic acids is 1. The minimum absolute atomic E-state index is 0.0545. The van der Waals surface area contributed by atoms with Crippen molar-refractivity contribution < 1.29 is 23.1 Å². The Labute approximate surface area is 182 Å². The highest BCUT2D eigenvalue weighted by Crippen LogP contribution is 2.38. The summed E-state index contributed by atoms with van der Waals surface area (Å²) in [6.45, 7) is 3.53. The van der Waals surface area contributed by atoms with E-state index in [4.69, 9.17) is 17.3 Å². The zero-order chi connectivity index (χ0) is 23.0. The molecule has 3 rings (SSSR count). The molecule has 0 unspecified atom stereocenters. The molecule has 1 fully saturated rings. The number of benzene rings is 1. The maximum Gasteiger partial charge on any atom is 0.433 e. The second kappa shape index (κ2) is 8.47. The fraction of sp³-hybridized carbons (Fsp3) is 0.381. The molecule has 0 saturated heterocycles. The number of nitrogens with zero attached hydrogens (tertiary/aromatic N) is 2. The Kier molecular flexibility index (Phi) is 6.29. The van der Waals surface area contributed by atoms with Crippen molar-refractivity contribution in [3.05, 3.63) is 52.3 Å². The molecule has 31 heavy (non-hydrogen) atoms. The van der Waals surface area contributed by atoms with Gasteiger partial charge in [-0.25, -0.2) is 4.98 Å². The van der Waals surface area contributed by atoms with Gasteiger partial charge in [0, 0.05) is 17.5 Å². The molecule has 1 heterocycles. The molecule has 0 radical (unpaired) electrons. The van der Waals surface area contributed by atoms with Gasteiger partial charge in [0.2, 0.25) is 0 Å². The minimum atomic E-state index is -4.66. The van der Waals surface area contributed by atoms with Crippen LogP contribution in [0, 0.1) is 5.92 Å². The quantitative estimate of drug-likeness (QED) is 0.455. The monoisotopic (exact) mass is 454 g/mol. The number of hydrogen-bond acceptors (Lipinski definition) is 5. The van der Waals surface area contributed by atoms with Gasteiger partial charge in [-0.1, -0.05) is 17.7 Å². The summed E-state index contributed by atoms with van der Waals surface area (Å²) in [6.07, 6.45) is -1.60. The summed E-state index contributed by atoms with van der Waals surface area (Å²) in [5, 5.41) is 12.6. The first-order chi connectivity index (χ1) is 14.3. The molecule has 0 aliphatic heterocycles. The number of nitrogens with one attached hydrogen (secondary N) is 1. The molecule has 6 nitrogen and oxygen atoms in total. The van der Waals surface area contributed by atoms with Crippen LogP contribution >= 0.6 is 11.6 Å². The summed E-state index contributed by atoms with van der Waals surface area (Å²) in [4.78, 5) is 20.2. The number of hydrogen-bond donors (Lipinski definition) is 3. The van der Waals surface area contributed by atoms with Crippen molar-refractivity contribution in [2.75, 3.05) is 11.1 Å². The summed E-state index contributed by atoms with van der Waals surface area (Å²) < 4.78 is 38.5. The van der Waals surface area contributed by atoms with Gasteiger partial charge in [-0.3, -0.25) is 9.79 Å². The lowest BCUT2D eigenvalue weighted by Gasteiger charge is -2.40. The first-order valence-corrected chi connectivity index (χ1v) is 9.92. The predicted octanol–water partition coefficient (Wildman–Crippen LogP) is 4.56. The van der Waals surface area contributed by atoms with Crippen molar-refractivity contribution >= 4 is 35.1 Å². The van der Waals surface area contributed by atoms with Gasteiger partial charge in [-0.05, 0) is 56.9 Å². The SMILES string of the molecule is CC(C)(O)C1CC(N=Cc2cc(NC(=O)c3cccc(C(F)(F)F)n3)c(Cl)cc2N)C1. The first kappa shape index (κ1) is 23.0. The number of alkyl halides is 3. The third-order valence-electron chi connectivity index (χ3n) is 5.23. The molecule has 166 valence electrons. The normalized spacial score (nSPS) is 19.3. The Hall–Kier alpha value is -2.65. The third-order valence-corrected chi connectivity index (χ3v) is 5.54. The van der Waals surface area contributed by atoms with Crippen LogP contribution < -0.4 is 11.1 Å². The molecule has 1 saturated carbocycles. The fourth-order valence-electron chi connectivity index (χ4n) is 3.19. The molecule has 0 bridgehead atoms. The van der Waals surface area contributed by atoms with Gasteiger partial charge in [-0.15, -0.1) is 0 Å². The molecular formula is C21H22ClF3N4O2. The number of anilines is 2. The molecule has 1 aromatic carbocycles. The van der Waals surface area contributed by atoms with Crippen LogP contribution in [-0.4, -0.2) is 33.9 Å². The van der Waals surface area contributed by atoms with Gasteiger partial charge < -0.3 is 16.2 Å². The topological polar surface area (TPSA) is 101 Å². The number of aromatic nitrogens is 1. The Bertz CT molecular complexity index is 1010. The van der Waals surface area contributed by atoms with Crippen molar-refractivity contribution in [2.24, 2.45) is 10.9 Å². The summed E-state index contributed by atoms with van der Waals surface area (Å²) in [5.74, 6) is -0.667. The number of amides is 1. The van der Waals surface area contributed by atoms with Crippen LogP contribution in [0.1, 0.15) is 48.4 Å². The zero-order valence-electron chi connectivity index (χ0n) is 16.9. The highest BCUT2D eigenvalue weighted by atomic mass is 35.5. The maximum absolute atomic E-state index is 12.8. The molecule has 1 aliphatic rings. The Balaban J connectivity index is 1.74. The van der Waals surface area contributed by atoms with Crippen molar-refractivity contribution in [3.8, 4) is 0 Å². The minimum Gasteiger partial charge on any atom is -0.398 e. The van der Waals surface area contributed by atoms with E-state index in [-0.39, 0.29) is 22.7 Å². The van der Waals surface area contributed by atoms with E-state index in [0.717, 1.165) is 25.0 Å². The molecule has 0 atom stereocenters. The van der Waals surface area contributed by atoms with Crippen molar-refractivity contribution in [2.45, 2.75) is 44.5 Å². The van der Waals surface area contributed by atoms with Crippen LogP contribution in [0.25, 0.3) is 0 Å². The van der Waals surface area contributed by atoms with Gasteiger partial charge in [0.1, 0.15) is 11.4 Å². The lowest BCUT2D eigenvalue weighted by Crippen LogP contribution is -2.42. The fourth-order valence-corrected chi connectivity index (χ4v) is 3.41. The molecule has 1 aliphatic carbocycles. The Morgan fingerprint density at radius 2 is 2.00 bits per heavy atom. The summed E-state index contributed by atoms with van der Waals surface area (Å²) in [6, 6.07) is 6.04.